The fraction of sp³-hybridized carbons (Fsp3) is 0.667. The second kappa shape index (κ2) is 10.0. The highest BCUT2D eigenvalue weighted by molar-refractivity contribution is 14.0. The molecule has 120 valence electrons. The van der Waals surface area contributed by atoms with Crippen molar-refractivity contribution in [2.45, 2.75) is 32.8 Å². The van der Waals surface area contributed by atoms with Crippen LogP contribution < -0.4 is 5.73 Å². The van der Waals surface area contributed by atoms with Crippen molar-refractivity contribution in [3.63, 3.8) is 0 Å². The van der Waals surface area contributed by atoms with E-state index in [1.807, 2.05) is 12.1 Å². The highest BCUT2D eigenvalue weighted by atomic mass is 127. The first-order valence-corrected chi connectivity index (χ1v) is 7.40. The van der Waals surface area contributed by atoms with Crippen LogP contribution in [0.1, 0.15) is 31.9 Å². The zero-order chi connectivity index (χ0) is 14.2. The van der Waals surface area contributed by atoms with E-state index in [0.717, 1.165) is 37.7 Å². The predicted molar refractivity (Wildman–Crippen MR) is 94.9 cm³/mol. The number of hydrogen-bond acceptors (Lipinski definition) is 3. The Kier molecular flexibility index (Phi) is 8.75. The zero-order valence-corrected chi connectivity index (χ0v) is 15.0. The van der Waals surface area contributed by atoms with Crippen LogP contribution in [0.4, 0.5) is 0 Å². The van der Waals surface area contributed by atoms with Crippen LogP contribution in [0.3, 0.4) is 0 Å². The Balaban J connectivity index is 0.00000220. The van der Waals surface area contributed by atoms with E-state index in [4.69, 9.17) is 14.9 Å². The Morgan fingerprint density at radius 3 is 2.90 bits per heavy atom. The predicted octanol–water partition coefficient (Wildman–Crippen LogP) is 2.85. The van der Waals surface area contributed by atoms with E-state index < -0.39 is 0 Å². The smallest absolute Gasteiger partial charge is 0.191 e. The first-order valence-electron chi connectivity index (χ1n) is 7.40. The van der Waals surface area contributed by atoms with Gasteiger partial charge in [0.25, 0.3) is 0 Å². The summed E-state index contributed by atoms with van der Waals surface area (Å²) < 4.78 is 10.7. The van der Waals surface area contributed by atoms with Gasteiger partial charge in [-0.2, -0.15) is 0 Å². The van der Waals surface area contributed by atoms with Crippen molar-refractivity contribution in [2.75, 3.05) is 26.2 Å². The summed E-state index contributed by atoms with van der Waals surface area (Å²) in [6, 6.07) is 3.77. The third-order valence-electron chi connectivity index (χ3n) is 3.65. The number of aliphatic imine (C=N–C) groups is 1. The van der Waals surface area contributed by atoms with E-state index in [2.05, 4.69) is 16.8 Å². The molecule has 6 heteroatoms. The molecule has 1 aromatic rings. The molecule has 1 aromatic heterocycles. The summed E-state index contributed by atoms with van der Waals surface area (Å²) >= 11 is 0. The molecule has 0 aromatic carbocycles. The standard InChI is InChI=1S/C15H25N3O2.HI/c1-13-5-8-18(9-6-13)15(16)17-7-3-10-19-12-14-4-2-11-20-14;/h2,4,11,13H,3,5-10,12H2,1H3,(H2,16,17);1H. The molecule has 0 bridgehead atoms. The van der Waals surface area contributed by atoms with Gasteiger partial charge in [0.15, 0.2) is 5.96 Å². The maximum atomic E-state index is 6.01. The molecule has 5 nitrogen and oxygen atoms in total. The van der Waals surface area contributed by atoms with Gasteiger partial charge in [-0.1, -0.05) is 6.92 Å². The number of halogens is 1. The molecule has 1 aliphatic heterocycles. The van der Waals surface area contributed by atoms with E-state index >= 15 is 0 Å². The van der Waals surface area contributed by atoms with E-state index in [9.17, 15) is 0 Å². The number of nitrogens with zero attached hydrogens (tertiary/aromatic N) is 2. The maximum Gasteiger partial charge on any atom is 0.191 e. The highest BCUT2D eigenvalue weighted by Gasteiger charge is 2.16. The summed E-state index contributed by atoms with van der Waals surface area (Å²) in [7, 11) is 0. The van der Waals surface area contributed by atoms with Crippen molar-refractivity contribution in [1.29, 1.82) is 0 Å². The number of rotatable bonds is 6. The Hall–Kier alpha value is -0.760. The van der Waals surface area contributed by atoms with Crippen molar-refractivity contribution in [3.05, 3.63) is 24.2 Å². The van der Waals surface area contributed by atoms with Gasteiger partial charge < -0.3 is 19.8 Å². The number of piperidine rings is 1. The first-order chi connectivity index (χ1) is 9.75. The summed E-state index contributed by atoms with van der Waals surface area (Å²) in [5.74, 6) is 2.35. The van der Waals surface area contributed by atoms with Crippen LogP contribution in [-0.2, 0) is 11.3 Å². The number of nitrogens with two attached hydrogens (primary N) is 1. The summed E-state index contributed by atoms with van der Waals surface area (Å²) in [6.07, 6.45) is 4.96. The number of guanidine groups is 1. The summed E-state index contributed by atoms with van der Waals surface area (Å²) in [5, 5.41) is 0. The third-order valence-corrected chi connectivity index (χ3v) is 3.65. The molecule has 0 spiro atoms. The van der Waals surface area contributed by atoms with Crippen molar-refractivity contribution in [3.8, 4) is 0 Å². The van der Waals surface area contributed by atoms with Gasteiger partial charge in [0.05, 0.1) is 6.26 Å². The van der Waals surface area contributed by atoms with Gasteiger partial charge in [0.1, 0.15) is 12.4 Å². The molecule has 1 fully saturated rings. The molecule has 0 atom stereocenters. The first kappa shape index (κ1) is 18.3. The van der Waals surface area contributed by atoms with Crippen LogP contribution in [0.2, 0.25) is 0 Å². The zero-order valence-electron chi connectivity index (χ0n) is 12.7. The van der Waals surface area contributed by atoms with Gasteiger partial charge in [-0.3, -0.25) is 4.99 Å². The topological polar surface area (TPSA) is 64.0 Å². The van der Waals surface area contributed by atoms with E-state index in [1.165, 1.54) is 12.8 Å². The third kappa shape index (κ3) is 6.69. The normalized spacial score (nSPS) is 16.8. The van der Waals surface area contributed by atoms with Crippen molar-refractivity contribution in [2.24, 2.45) is 16.6 Å². The molecule has 1 aliphatic rings. The molecule has 0 radical (unpaired) electrons. The lowest BCUT2D eigenvalue weighted by Crippen LogP contribution is -2.42. The van der Waals surface area contributed by atoms with Crippen molar-refractivity contribution < 1.29 is 9.15 Å². The minimum Gasteiger partial charge on any atom is -0.467 e. The van der Waals surface area contributed by atoms with Gasteiger partial charge in [0, 0.05) is 26.2 Å². The second-order valence-electron chi connectivity index (χ2n) is 5.39. The van der Waals surface area contributed by atoms with Crippen LogP contribution in [0.15, 0.2) is 27.8 Å². The molecule has 2 rings (SSSR count). The average Bonchev–Trinajstić information content (AvgIpc) is 2.96. The summed E-state index contributed by atoms with van der Waals surface area (Å²) in [5.41, 5.74) is 6.01. The molecular weight excluding hydrogens is 381 g/mol. The molecule has 21 heavy (non-hydrogen) atoms. The fourth-order valence-electron chi connectivity index (χ4n) is 2.27. The maximum absolute atomic E-state index is 6.01. The van der Waals surface area contributed by atoms with Gasteiger partial charge in [0.2, 0.25) is 0 Å². The molecule has 2 N–H and O–H groups in total. The monoisotopic (exact) mass is 407 g/mol. The largest absolute Gasteiger partial charge is 0.467 e. The van der Waals surface area contributed by atoms with Crippen LogP contribution in [-0.4, -0.2) is 37.1 Å². The minimum absolute atomic E-state index is 0. The average molecular weight is 407 g/mol. The molecule has 1 saturated heterocycles. The van der Waals surface area contributed by atoms with Gasteiger partial charge in [-0.15, -0.1) is 24.0 Å². The van der Waals surface area contributed by atoms with E-state index in [-0.39, 0.29) is 24.0 Å². The van der Waals surface area contributed by atoms with E-state index in [0.29, 0.717) is 19.2 Å². The van der Waals surface area contributed by atoms with Gasteiger partial charge in [-0.05, 0) is 37.3 Å². The van der Waals surface area contributed by atoms with Gasteiger partial charge >= 0.3 is 0 Å². The van der Waals surface area contributed by atoms with Crippen molar-refractivity contribution in [1.82, 2.24) is 4.90 Å². The highest BCUT2D eigenvalue weighted by Crippen LogP contribution is 2.15. The number of furan rings is 1. The summed E-state index contributed by atoms with van der Waals surface area (Å²) in [4.78, 5) is 6.61. The minimum atomic E-state index is 0. The van der Waals surface area contributed by atoms with Crippen molar-refractivity contribution >= 4 is 29.9 Å². The SMILES string of the molecule is CC1CCN(C(N)=NCCCOCc2ccco2)CC1.I. The molecule has 0 aliphatic carbocycles. The fourth-order valence-corrected chi connectivity index (χ4v) is 2.27. The quantitative estimate of drug-likeness (QED) is 0.341. The van der Waals surface area contributed by atoms with Gasteiger partial charge in [-0.25, -0.2) is 0 Å². The molecule has 2 heterocycles. The molecule has 0 amide bonds. The Labute approximate surface area is 143 Å². The molecule has 0 unspecified atom stereocenters. The molecular formula is C15H26IN3O2. The number of likely N-dealkylation sites (tertiary alicyclic amines) is 1. The van der Waals surface area contributed by atoms with Crippen LogP contribution in [0.25, 0.3) is 0 Å². The Morgan fingerprint density at radius 1 is 1.48 bits per heavy atom. The molecule has 0 saturated carbocycles. The Bertz CT molecular complexity index is 401. The second-order valence-corrected chi connectivity index (χ2v) is 5.39. The number of ether oxygens (including phenoxy) is 1. The number of hydrogen-bond donors (Lipinski definition) is 1. The van der Waals surface area contributed by atoms with E-state index in [1.54, 1.807) is 6.26 Å². The Morgan fingerprint density at radius 2 is 2.24 bits per heavy atom. The lowest BCUT2D eigenvalue weighted by molar-refractivity contribution is 0.105. The van der Waals surface area contributed by atoms with Crippen LogP contribution in [0, 0.1) is 5.92 Å². The summed E-state index contributed by atoms with van der Waals surface area (Å²) in [6.45, 7) is 6.28. The van der Waals surface area contributed by atoms with Crippen LogP contribution >= 0.6 is 24.0 Å². The lowest BCUT2D eigenvalue weighted by Gasteiger charge is -2.31. The lowest BCUT2D eigenvalue weighted by atomic mass is 10.00. The van der Waals surface area contributed by atoms with Crippen LogP contribution in [0.5, 0.6) is 0 Å².